The molecule has 118 valence electrons. The minimum atomic E-state index is -5.70. The SMILES string of the molecule is COC(c1ccc(NC(C)=O)cc1)(C(F)(F)F)C(F)(F)F. The topological polar surface area (TPSA) is 38.3 Å². The third kappa shape index (κ3) is 3.12. The maximum absolute atomic E-state index is 13.0. The Kier molecular flexibility index (Phi) is 4.57. The summed E-state index contributed by atoms with van der Waals surface area (Å²) in [5.41, 5.74) is -5.48. The van der Waals surface area contributed by atoms with E-state index in [2.05, 4.69) is 10.1 Å². The molecule has 0 heterocycles. The smallest absolute Gasteiger partial charge is 0.357 e. The van der Waals surface area contributed by atoms with Gasteiger partial charge in [0, 0.05) is 25.3 Å². The molecule has 1 amide bonds. The molecule has 9 heteroatoms. The highest BCUT2D eigenvalue weighted by Gasteiger charge is 2.72. The standard InChI is InChI=1S/C12H11F6NO2/c1-7(20)19-9-5-3-8(4-6-9)10(21-2,11(13,14)15)12(16,17)18/h3-6H,1-2H3,(H,19,20). The highest BCUT2D eigenvalue weighted by molar-refractivity contribution is 5.88. The van der Waals surface area contributed by atoms with Crippen LogP contribution in [0.4, 0.5) is 32.0 Å². The molecule has 1 rings (SSSR count). The number of hydrogen-bond acceptors (Lipinski definition) is 2. The number of methoxy groups -OCH3 is 1. The number of benzene rings is 1. The molecule has 0 aliphatic heterocycles. The van der Waals surface area contributed by atoms with Gasteiger partial charge in [0.2, 0.25) is 5.91 Å². The van der Waals surface area contributed by atoms with Crippen molar-refractivity contribution in [3.05, 3.63) is 29.8 Å². The summed E-state index contributed by atoms with van der Waals surface area (Å²) in [5, 5.41) is 2.24. The molecular weight excluding hydrogens is 304 g/mol. The van der Waals surface area contributed by atoms with Crippen LogP contribution in [0.15, 0.2) is 24.3 Å². The number of carbonyl (C=O) groups is 1. The van der Waals surface area contributed by atoms with Gasteiger partial charge in [0.15, 0.2) is 0 Å². The van der Waals surface area contributed by atoms with Crippen molar-refractivity contribution in [2.75, 3.05) is 12.4 Å². The zero-order valence-corrected chi connectivity index (χ0v) is 10.9. The number of rotatable bonds is 3. The quantitative estimate of drug-likeness (QED) is 0.865. The number of ether oxygens (including phenoxy) is 1. The number of alkyl halides is 6. The Hall–Kier alpha value is -1.77. The van der Waals surface area contributed by atoms with Crippen LogP contribution in [0.2, 0.25) is 0 Å². The predicted octanol–water partition coefficient (Wildman–Crippen LogP) is 3.61. The van der Waals surface area contributed by atoms with Crippen LogP contribution in [0, 0.1) is 0 Å². The van der Waals surface area contributed by atoms with E-state index in [1.54, 1.807) is 0 Å². The van der Waals surface area contributed by atoms with Crippen LogP contribution >= 0.6 is 0 Å². The number of nitrogens with one attached hydrogen (secondary N) is 1. The van der Waals surface area contributed by atoms with Crippen molar-refractivity contribution >= 4 is 11.6 Å². The van der Waals surface area contributed by atoms with E-state index < -0.39 is 29.4 Å². The number of anilines is 1. The van der Waals surface area contributed by atoms with Gasteiger partial charge in [-0.1, -0.05) is 12.1 Å². The van der Waals surface area contributed by atoms with E-state index in [0.717, 1.165) is 19.1 Å². The van der Waals surface area contributed by atoms with E-state index in [1.165, 1.54) is 0 Å². The average molecular weight is 315 g/mol. The zero-order chi connectivity index (χ0) is 16.5. The molecule has 1 aromatic rings. The van der Waals surface area contributed by atoms with Gasteiger partial charge in [-0.25, -0.2) is 0 Å². The Morgan fingerprint density at radius 3 is 1.71 bits per heavy atom. The molecule has 0 aliphatic rings. The van der Waals surface area contributed by atoms with Gasteiger partial charge in [-0.05, 0) is 12.1 Å². The van der Waals surface area contributed by atoms with E-state index in [-0.39, 0.29) is 5.69 Å². The van der Waals surface area contributed by atoms with Gasteiger partial charge in [0.25, 0.3) is 5.60 Å². The molecule has 0 saturated carbocycles. The molecule has 0 radical (unpaired) electrons. The largest absolute Gasteiger partial charge is 0.430 e. The van der Waals surface area contributed by atoms with Crippen LogP contribution in [0.3, 0.4) is 0 Å². The van der Waals surface area contributed by atoms with E-state index in [4.69, 9.17) is 0 Å². The monoisotopic (exact) mass is 315 g/mol. The highest BCUT2D eigenvalue weighted by atomic mass is 19.4. The molecule has 0 bridgehead atoms. The van der Waals surface area contributed by atoms with Crippen LogP contribution in [0.5, 0.6) is 0 Å². The van der Waals surface area contributed by atoms with Gasteiger partial charge in [-0.15, -0.1) is 0 Å². The second kappa shape index (κ2) is 5.55. The van der Waals surface area contributed by atoms with Crippen LogP contribution in [0.1, 0.15) is 12.5 Å². The fraction of sp³-hybridized carbons (Fsp3) is 0.417. The molecule has 0 unspecified atom stereocenters. The Bertz CT molecular complexity index is 492. The van der Waals surface area contributed by atoms with E-state index in [9.17, 15) is 31.1 Å². The lowest BCUT2D eigenvalue weighted by molar-refractivity contribution is -0.383. The Balaban J connectivity index is 3.38. The fourth-order valence-electron chi connectivity index (χ4n) is 1.83. The fourth-order valence-corrected chi connectivity index (χ4v) is 1.83. The Morgan fingerprint density at radius 1 is 1.00 bits per heavy atom. The van der Waals surface area contributed by atoms with Gasteiger partial charge in [-0.3, -0.25) is 4.79 Å². The van der Waals surface area contributed by atoms with Crippen molar-refractivity contribution in [1.82, 2.24) is 0 Å². The summed E-state index contributed by atoms with van der Waals surface area (Å²) in [6.45, 7) is 1.15. The summed E-state index contributed by atoms with van der Waals surface area (Å²) < 4.78 is 81.6. The van der Waals surface area contributed by atoms with Crippen molar-refractivity contribution in [2.45, 2.75) is 24.9 Å². The number of amides is 1. The molecule has 21 heavy (non-hydrogen) atoms. The van der Waals surface area contributed by atoms with Gasteiger partial charge < -0.3 is 10.1 Å². The van der Waals surface area contributed by atoms with Crippen molar-refractivity contribution < 1.29 is 35.9 Å². The predicted molar refractivity (Wildman–Crippen MR) is 61.5 cm³/mol. The Morgan fingerprint density at radius 2 is 1.43 bits per heavy atom. The summed E-state index contributed by atoms with van der Waals surface area (Å²) in [7, 11) is 0.336. The second-order valence-corrected chi connectivity index (χ2v) is 4.14. The lowest BCUT2D eigenvalue weighted by Crippen LogP contribution is -2.55. The second-order valence-electron chi connectivity index (χ2n) is 4.14. The van der Waals surface area contributed by atoms with Crippen molar-refractivity contribution in [3.63, 3.8) is 0 Å². The molecule has 1 aromatic carbocycles. The van der Waals surface area contributed by atoms with Crippen molar-refractivity contribution in [1.29, 1.82) is 0 Å². The summed E-state index contributed by atoms with van der Waals surface area (Å²) in [6.07, 6.45) is -11.4. The first-order valence-corrected chi connectivity index (χ1v) is 5.52. The number of carbonyl (C=O) groups excluding carboxylic acids is 1. The minimum Gasteiger partial charge on any atom is -0.357 e. The summed E-state index contributed by atoms with van der Waals surface area (Å²) in [4.78, 5) is 10.8. The van der Waals surface area contributed by atoms with Gasteiger partial charge in [0.05, 0.1) is 0 Å². The molecule has 0 aliphatic carbocycles. The highest BCUT2D eigenvalue weighted by Crippen LogP contribution is 2.52. The average Bonchev–Trinajstić information content (AvgIpc) is 2.28. The van der Waals surface area contributed by atoms with E-state index in [1.807, 2.05) is 0 Å². The van der Waals surface area contributed by atoms with Crippen LogP contribution in [0.25, 0.3) is 0 Å². The molecule has 0 saturated heterocycles. The molecule has 3 nitrogen and oxygen atoms in total. The van der Waals surface area contributed by atoms with Crippen LogP contribution in [-0.2, 0) is 15.1 Å². The van der Waals surface area contributed by atoms with Gasteiger partial charge >= 0.3 is 12.4 Å². The first-order chi connectivity index (χ1) is 9.45. The lowest BCUT2D eigenvalue weighted by atomic mass is 9.91. The third-order valence-corrected chi connectivity index (χ3v) is 2.72. The number of halogens is 6. The van der Waals surface area contributed by atoms with Crippen molar-refractivity contribution in [3.8, 4) is 0 Å². The summed E-state index contributed by atoms with van der Waals surface area (Å²) in [5.74, 6) is -0.507. The van der Waals surface area contributed by atoms with E-state index in [0.29, 0.717) is 19.2 Å². The van der Waals surface area contributed by atoms with Crippen LogP contribution < -0.4 is 5.32 Å². The molecular formula is C12H11F6NO2. The normalized spacial score (nSPS) is 13.1. The maximum Gasteiger partial charge on any atom is 0.430 e. The van der Waals surface area contributed by atoms with Gasteiger partial charge in [-0.2, -0.15) is 26.3 Å². The first-order valence-electron chi connectivity index (χ1n) is 5.52. The van der Waals surface area contributed by atoms with Gasteiger partial charge in [0.1, 0.15) is 0 Å². The first kappa shape index (κ1) is 17.3. The summed E-state index contributed by atoms with van der Waals surface area (Å²) in [6, 6.07) is 3.08. The van der Waals surface area contributed by atoms with E-state index >= 15 is 0 Å². The molecule has 0 atom stereocenters. The van der Waals surface area contributed by atoms with Crippen molar-refractivity contribution in [2.24, 2.45) is 0 Å². The van der Waals surface area contributed by atoms with Crippen LogP contribution in [-0.4, -0.2) is 25.4 Å². The lowest BCUT2D eigenvalue weighted by Gasteiger charge is -2.36. The molecule has 1 N–H and O–H groups in total. The molecule has 0 spiro atoms. The molecule has 0 fully saturated rings. The Labute approximate surface area is 115 Å². The summed E-state index contributed by atoms with van der Waals surface area (Å²) >= 11 is 0. The maximum atomic E-state index is 13.0. The minimum absolute atomic E-state index is 0.0700. The third-order valence-electron chi connectivity index (χ3n) is 2.72. The number of hydrogen-bond donors (Lipinski definition) is 1. The zero-order valence-electron chi connectivity index (χ0n) is 10.9. The molecule has 0 aromatic heterocycles.